The van der Waals surface area contributed by atoms with Gasteiger partial charge in [-0.3, -0.25) is 9.59 Å². The quantitative estimate of drug-likeness (QED) is 0.0195. The second-order valence-electron chi connectivity index (χ2n) is 25.3. The van der Waals surface area contributed by atoms with E-state index in [0.29, 0.717) is 19.4 Å². The molecule has 0 aliphatic carbocycles. The zero-order valence-corrected chi connectivity index (χ0v) is 54.9. The molecule has 1 fully saturated rings. The van der Waals surface area contributed by atoms with Gasteiger partial charge in [-0.25, -0.2) is 0 Å². The summed E-state index contributed by atoms with van der Waals surface area (Å²) < 4.78 is 16.7. The maximum Gasteiger partial charge on any atom is 0.305 e. The Kier molecular flexibility index (Phi) is 59.4. The molecule has 11 heteroatoms. The minimum Gasteiger partial charge on any atom is -0.466 e. The van der Waals surface area contributed by atoms with Crippen LogP contribution in [0.15, 0.2) is 36.5 Å². The number of unbranched alkanes of at least 4 members (excludes halogenated alkanes) is 46. The van der Waals surface area contributed by atoms with Crippen LogP contribution < -0.4 is 5.32 Å². The third-order valence-corrected chi connectivity index (χ3v) is 17.2. The first-order chi connectivity index (χ1) is 41.2. The number of aliphatic hydroxyl groups excluding tert-OH is 5. The lowest BCUT2D eigenvalue weighted by molar-refractivity contribution is -0.302. The predicted molar refractivity (Wildman–Crippen MR) is 352 cm³/mol. The Morgan fingerprint density at radius 1 is 0.440 bits per heavy atom. The van der Waals surface area contributed by atoms with Crippen LogP contribution in [0.4, 0.5) is 0 Å². The lowest BCUT2D eigenvalue weighted by atomic mass is 9.99. The van der Waals surface area contributed by atoms with Crippen molar-refractivity contribution in [1.82, 2.24) is 5.32 Å². The molecule has 0 saturated carbocycles. The summed E-state index contributed by atoms with van der Waals surface area (Å²) in [6.45, 7) is 4.32. The monoisotopic (exact) mass is 1190 g/mol. The average Bonchev–Trinajstić information content (AvgIpc) is 3.58. The number of amides is 1. The number of esters is 1. The number of carbonyl (C=O) groups excluding carboxylic acids is 2. The Balaban J connectivity index is 1.88. The van der Waals surface area contributed by atoms with Crippen molar-refractivity contribution in [2.45, 2.75) is 397 Å². The van der Waals surface area contributed by atoms with Crippen molar-refractivity contribution in [1.29, 1.82) is 0 Å². The fourth-order valence-electron chi connectivity index (χ4n) is 11.5. The Morgan fingerprint density at radius 2 is 0.798 bits per heavy atom. The zero-order chi connectivity index (χ0) is 60.9. The summed E-state index contributed by atoms with van der Waals surface area (Å²) in [4.78, 5) is 25.1. The summed E-state index contributed by atoms with van der Waals surface area (Å²) in [5, 5.41) is 54.3. The smallest absolute Gasteiger partial charge is 0.305 e. The van der Waals surface area contributed by atoms with Gasteiger partial charge in [0.25, 0.3) is 0 Å². The number of hydrogen-bond acceptors (Lipinski definition) is 10. The van der Waals surface area contributed by atoms with Crippen molar-refractivity contribution in [3.05, 3.63) is 36.5 Å². The van der Waals surface area contributed by atoms with Crippen molar-refractivity contribution in [3.63, 3.8) is 0 Å². The molecular formula is C73H137NO10. The van der Waals surface area contributed by atoms with E-state index in [0.717, 1.165) is 64.2 Å². The van der Waals surface area contributed by atoms with Crippen molar-refractivity contribution in [2.75, 3.05) is 19.8 Å². The van der Waals surface area contributed by atoms with Gasteiger partial charge in [-0.15, -0.1) is 0 Å². The number of nitrogens with one attached hydrogen (secondary N) is 1. The second-order valence-corrected chi connectivity index (χ2v) is 25.3. The van der Waals surface area contributed by atoms with E-state index in [2.05, 4.69) is 43.5 Å². The fraction of sp³-hybridized carbons (Fsp3) is 0.890. The molecule has 11 nitrogen and oxygen atoms in total. The van der Waals surface area contributed by atoms with Crippen LogP contribution in [0.3, 0.4) is 0 Å². The van der Waals surface area contributed by atoms with E-state index in [1.54, 1.807) is 6.08 Å². The highest BCUT2D eigenvalue weighted by Crippen LogP contribution is 2.23. The number of allylic oxidation sites excluding steroid dienone is 5. The topological polar surface area (TPSA) is 175 Å². The predicted octanol–water partition coefficient (Wildman–Crippen LogP) is 18.6. The molecule has 0 bridgehead atoms. The molecular weight excluding hydrogens is 1050 g/mol. The number of ether oxygens (including phenoxy) is 3. The normalized spacial score (nSPS) is 18.2. The van der Waals surface area contributed by atoms with Crippen LogP contribution in [-0.2, 0) is 23.8 Å². The zero-order valence-electron chi connectivity index (χ0n) is 54.9. The van der Waals surface area contributed by atoms with Gasteiger partial charge in [0, 0.05) is 12.8 Å². The third kappa shape index (κ3) is 50.8. The molecule has 0 radical (unpaired) electrons. The maximum absolute atomic E-state index is 13.0. The van der Waals surface area contributed by atoms with Crippen LogP contribution in [0.25, 0.3) is 0 Å². The van der Waals surface area contributed by atoms with Crippen molar-refractivity contribution < 1.29 is 49.3 Å². The van der Waals surface area contributed by atoms with Gasteiger partial charge < -0.3 is 45.1 Å². The van der Waals surface area contributed by atoms with Gasteiger partial charge in [-0.1, -0.05) is 314 Å². The second kappa shape index (κ2) is 62.5. The number of hydrogen-bond donors (Lipinski definition) is 6. The Hall–Kier alpha value is -2.12. The van der Waals surface area contributed by atoms with E-state index in [9.17, 15) is 35.1 Å². The van der Waals surface area contributed by atoms with E-state index >= 15 is 0 Å². The van der Waals surface area contributed by atoms with Gasteiger partial charge in [0.05, 0.1) is 32.0 Å². The Bertz CT molecular complexity index is 1490. The minimum absolute atomic E-state index is 0.000215. The van der Waals surface area contributed by atoms with Gasteiger partial charge >= 0.3 is 5.97 Å². The molecule has 7 unspecified atom stereocenters. The van der Waals surface area contributed by atoms with E-state index in [1.165, 1.54) is 263 Å². The average molecular weight is 1190 g/mol. The SMILES string of the molecule is CCCCC/C=C\C/C=C\CCCCCCCC(=O)OCCCCCCCCCCCCCCCCCCCCCCCCCCCCCCCCCCC(=O)NC(COC1OC(CO)C(O)C(O)C1O)C(O)/C=C/CCCCCCCCC. The molecule has 0 aromatic rings. The van der Waals surface area contributed by atoms with Gasteiger partial charge in [-0.2, -0.15) is 0 Å². The summed E-state index contributed by atoms with van der Waals surface area (Å²) in [5.74, 6) is -0.178. The van der Waals surface area contributed by atoms with Crippen LogP contribution in [0.5, 0.6) is 0 Å². The van der Waals surface area contributed by atoms with Crippen molar-refractivity contribution in [3.8, 4) is 0 Å². The summed E-state index contributed by atoms with van der Waals surface area (Å²) in [7, 11) is 0. The molecule has 1 heterocycles. The van der Waals surface area contributed by atoms with Gasteiger partial charge in [0.2, 0.25) is 5.91 Å². The van der Waals surface area contributed by atoms with Gasteiger partial charge in [-0.05, 0) is 64.2 Å². The number of carbonyl (C=O) groups is 2. The lowest BCUT2D eigenvalue weighted by Gasteiger charge is -2.40. The summed E-state index contributed by atoms with van der Waals surface area (Å²) >= 11 is 0. The van der Waals surface area contributed by atoms with E-state index in [-0.39, 0.29) is 18.5 Å². The molecule has 1 rings (SSSR count). The van der Waals surface area contributed by atoms with Crippen molar-refractivity contribution >= 4 is 11.9 Å². The first-order valence-corrected chi connectivity index (χ1v) is 36.3. The highest BCUT2D eigenvalue weighted by molar-refractivity contribution is 5.76. The van der Waals surface area contributed by atoms with Crippen molar-refractivity contribution in [2.24, 2.45) is 0 Å². The fourth-order valence-corrected chi connectivity index (χ4v) is 11.5. The molecule has 84 heavy (non-hydrogen) atoms. The molecule has 0 spiro atoms. The lowest BCUT2D eigenvalue weighted by Crippen LogP contribution is -2.60. The first-order valence-electron chi connectivity index (χ1n) is 36.3. The third-order valence-electron chi connectivity index (χ3n) is 17.2. The van der Waals surface area contributed by atoms with Gasteiger partial charge in [0.1, 0.15) is 24.4 Å². The van der Waals surface area contributed by atoms with Crippen LogP contribution in [0, 0.1) is 0 Å². The Labute approximate surface area is 517 Å². The minimum atomic E-state index is -1.57. The Morgan fingerprint density at radius 3 is 1.23 bits per heavy atom. The van der Waals surface area contributed by atoms with E-state index < -0.39 is 49.5 Å². The molecule has 1 amide bonds. The molecule has 494 valence electrons. The van der Waals surface area contributed by atoms with Crippen LogP contribution in [0.1, 0.15) is 354 Å². The largest absolute Gasteiger partial charge is 0.466 e. The molecule has 0 aromatic carbocycles. The molecule has 1 aliphatic rings. The molecule has 1 saturated heterocycles. The highest BCUT2D eigenvalue weighted by Gasteiger charge is 2.44. The standard InChI is InChI=1S/C73H137NO10/c1-3-5-7-9-11-13-14-15-34-38-41-45-49-53-57-61-69(78)82-62-58-54-50-46-42-39-36-33-31-29-27-25-23-21-19-17-16-18-20-22-24-26-28-30-32-35-37-40-44-48-52-56-60-68(77)74-65(66(76)59-55-51-47-43-12-10-8-6-4-2)64-83-73-72(81)71(80)70(79)67(63-75)84-73/h11,13,15,34,55,59,65-67,70-73,75-76,79-81H,3-10,12,14,16-33,35-54,56-58,60-64H2,1-2H3,(H,74,77)/b13-11-,34-15-,59-55+. The molecule has 6 N–H and O–H groups in total. The summed E-state index contributed by atoms with van der Waals surface area (Å²) in [6.07, 6.45) is 70.2. The summed E-state index contributed by atoms with van der Waals surface area (Å²) in [5.41, 5.74) is 0. The molecule has 7 atom stereocenters. The van der Waals surface area contributed by atoms with E-state index in [1.807, 2.05) is 6.08 Å². The molecule has 1 aliphatic heterocycles. The number of rotatable bonds is 64. The van der Waals surface area contributed by atoms with E-state index in [4.69, 9.17) is 14.2 Å². The van der Waals surface area contributed by atoms with Crippen LogP contribution >= 0.6 is 0 Å². The summed E-state index contributed by atoms with van der Waals surface area (Å²) in [6, 6.07) is -0.805. The van der Waals surface area contributed by atoms with Gasteiger partial charge in [0.15, 0.2) is 6.29 Å². The molecule has 0 aromatic heterocycles. The van der Waals surface area contributed by atoms with Crippen LogP contribution in [0.2, 0.25) is 0 Å². The van der Waals surface area contributed by atoms with Crippen LogP contribution in [-0.4, -0.2) is 100 Å². The maximum atomic E-state index is 13.0. The highest BCUT2D eigenvalue weighted by atomic mass is 16.7. The number of aliphatic hydroxyl groups is 5. The first kappa shape index (κ1) is 79.9.